The molecule has 54 heavy (non-hydrogen) atoms. The number of hydrogen-bond donors (Lipinski definition) is 7. The molecule has 3 aromatic carbocycles. The van der Waals surface area contributed by atoms with E-state index in [4.69, 9.17) is 32.8 Å². The van der Waals surface area contributed by atoms with Gasteiger partial charge in [-0.3, -0.25) is 4.79 Å². The summed E-state index contributed by atoms with van der Waals surface area (Å²) >= 11 is 0. The maximum atomic E-state index is 13.3. The molecule has 0 radical (unpaired) electrons. The van der Waals surface area contributed by atoms with Gasteiger partial charge in [-0.2, -0.15) is 4.68 Å². The van der Waals surface area contributed by atoms with Crippen LogP contribution in [0.4, 0.5) is 0 Å². The quantitative estimate of drug-likeness (QED) is 0.0987. The van der Waals surface area contributed by atoms with Crippen LogP contribution in [0.25, 0.3) is 28.0 Å². The molecule has 7 N–H and O–H groups in total. The lowest BCUT2D eigenvalue weighted by Gasteiger charge is -2.42. The molecular formula is C35H36N4O15. The minimum Gasteiger partial charge on any atom is -0.507 e. The van der Waals surface area contributed by atoms with Crippen molar-refractivity contribution in [1.29, 1.82) is 0 Å². The Hall–Kier alpha value is -5.22. The van der Waals surface area contributed by atoms with Crippen molar-refractivity contribution >= 4 is 11.0 Å². The number of benzene rings is 3. The molecule has 7 rings (SSSR count). The first-order chi connectivity index (χ1) is 25.9. The van der Waals surface area contributed by atoms with Crippen molar-refractivity contribution in [2.45, 2.75) is 68.3 Å². The third-order valence-electron chi connectivity index (χ3n) is 9.03. The Balaban J connectivity index is 1.13. The van der Waals surface area contributed by atoms with Crippen LogP contribution in [-0.4, -0.2) is 131 Å². The van der Waals surface area contributed by atoms with Crippen molar-refractivity contribution < 1.29 is 68.6 Å². The molecule has 0 spiro atoms. The number of aliphatic hydroxyl groups is 6. The van der Waals surface area contributed by atoms with Crippen molar-refractivity contribution in [2.24, 2.45) is 0 Å². The number of methoxy groups -OCH3 is 1. The minimum absolute atomic E-state index is 0.0232. The van der Waals surface area contributed by atoms with Gasteiger partial charge in [-0.25, -0.2) is 0 Å². The monoisotopic (exact) mass is 752 g/mol. The molecule has 0 bridgehead atoms. The Morgan fingerprint density at radius 1 is 0.815 bits per heavy atom. The van der Waals surface area contributed by atoms with Gasteiger partial charge < -0.3 is 68.6 Å². The topological polar surface area (TPSA) is 271 Å². The van der Waals surface area contributed by atoms with Crippen LogP contribution in [0, 0.1) is 0 Å². The zero-order chi connectivity index (χ0) is 38.3. The lowest BCUT2D eigenvalue weighted by molar-refractivity contribution is -0.318. The summed E-state index contributed by atoms with van der Waals surface area (Å²) in [4.78, 5) is 13.3. The largest absolute Gasteiger partial charge is 0.507 e. The highest BCUT2D eigenvalue weighted by Gasteiger charge is 2.47. The van der Waals surface area contributed by atoms with Crippen molar-refractivity contribution in [3.05, 3.63) is 77.0 Å². The van der Waals surface area contributed by atoms with Crippen LogP contribution >= 0.6 is 0 Å². The fourth-order valence-corrected chi connectivity index (χ4v) is 6.06. The number of ether oxygens (including phenoxy) is 6. The first-order valence-corrected chi connectivity index (χ1v) is 16.6. The van der Waals surface area contributed by atoms with Crippen LogP contribution in [0.15, 0.2) is 75.9 Å². The Morgan fingerprint density at radius 3 is 2.31 bits per heavy atom. The molecule has 10 atom stereocenters. The standard InChI is InChI=1S/C35H36N4O15/c1-15-27(42)29(44)31(46)33(50-15)49-14-25-28(43)30(45)32(47)34(53-25)51-18-11-19(40)26-20(41)13-22(52-24(26)12-18)16-8-9-21(48-2)23(10-16)54-35-36-37-38-39(35)17-6-4-3-5-7-17/h3-13,15,25,27-34,40,42-47H,14H2,1-2H3/t15-,25+,27-,28+,29+,30-,31+,32+,33+,34+/m0/s1. The molecule has 0 saturated carbocycles. The number of aromatic hydroxyl groups is 1. The van der Waals surface area contributed by atoms with Crippen molar-refractivity contribution in [2.75, 3.05) is 13.7 Å². The zero-order valence-electron chi connectivity index (χ0n) is 28.5. The highest BCUT2D eigenvalue weighted by Crippen LogP contribution is 2.38. The average Bonchev–Trinajstić information content (AvgIpc) is 3.63. The summed E-state index contributed by atoms with van der Waals surface area (Å²) in [6.07, 6.45) is -15.2. The molecule has 19 heteroatoms. The van der Waals surface area contributed by atoms with Crippen LogP contribution < -0.4 is 19.6 Å². The summed E-state index contributed by atoms with van der Waals surface area (Å²) in [5.74, 6) is -0.133. The summed E-state index contributed by atoms with van der Waals surface area (Å²) < 4.78 is 41.3. The van der Waals surface area contributed by atoms with Crippen LogP contribution in [0.3, 0.4) is 0 Å². The number of hydrogen-bond acceptors (Lipinski definition) is 18. The van der Waals surface area contributed by atoms with Gasteiger partial charge in [-0.15, -0.1) is 0 Å². The fraction of sp³-hybridized carbons (Fsp3) is 0.371. The molecule has 2 aromatic heterocycles. The molecule has 0 amide bonds. The van der Waals surface area contributed by atoms with Crippen LogP contribution in [-0.2, 0) is 14.2 Å². The second kappa shape index (κ2) is 15.3. The molecule has 0 aliphatic carbocycles. The number of aliphatic hydroxyl groups excluding tert-OH is 6. The number of fused-ring (bicyclic) bond motifs is 1. The fourth-order valence-electron chi connectivity index (χ4n) is 6.06. The summed E-state index contributed by atoms with van der Waals surface area (Å²) in [7, 11) is 1.44. The summed E-state index contributed by atoms with van der Waals surface area (Å²) in [6, 6.07) is 17.3. The number of aromatic nitrogens is 4. The maximum Gasteiger partial charge on any atom is 0.346 e. The summed E-state index contributed by atoms with van der Waals surface area (Å²) in [6.45, 7) is 0.942. The van der Waals surface area contributed by atoms with E-state index in [-0.39, 0.29) is 34.2 Å². The number of rotatable bonds is 10. The number of tetrazole rings is 1. The zero-order valence-corrected chi connectivity index (χ0v) is 28.5. The number of para-hydroxylation sites is 1. The lowest BCUT2D eigenvalue weighted by Crippen LogP contribution is -2.61. The van der Waals surface area contributed by atoms with E-state index in [0.717, 1.165) is 6.07 Å². The van der Waals surface area contributed by atoms with Crippen LogP contribution in [0.2, 0.25) is 0 Å². The molecule has 2 fully saturated rings. The normalized spacial score (nSPS) is 28.5. The Morgan fingerprint density at radius 2 is 1.56 bits per heavy atom. The Labute approximate surface area is 304 Å². The second-order valence-corrected chi connectivity index (χ2v) is 12.6. The molecule has 2 aliphatic rings. The van der Waals surface area contributed by atoms with E-state index in [1.165, 1.54) is 36.9 Å². The predicted octanol–water partition coefficient (Wildman–Crippen LogP) is -0.0273. The maximum absolute atomic E-state index is 13.3. The molecule has 4 heterocycles. The SMILES string of the molecule is COc1ccc(-c2cc(=O)c3c(O)cc(O[C@@H]4O[C@H](CO[C@@H]5O[C@@H](C)[C@H](O)[C@@H](O)[C@H]5O)[C@@H](O)[C@H](O)[C@H]4O)cc3o2)cc1Oc1nnnn1-c1ccccc1. The number of phenolic OH excluding ortho intramolecular Hbond substituents is 1. The van der Waals surface area contributed by atoms with Crippen molar-refractivity contribution in [1.82, 2.24) is 20.2 Å². The van der Waals surface area contributed by atoms with Gasteiger partial charge in [0.1, 0.15) is 71.0 Å². The molecule has 5 aromatic rings. The van der Waals surface area contributed by atoms with Crippen LogP contribution in [0.5, 0.6) is 29.0 Å². The summed E-state index contributed by atoms with van der Waals surface area (Å²) in [5, 5.41) is 84.5. The smallest absolute Gasteiger partial charge is 0.346 e. The Kier molecular flexibility index (Phi) is 10.5. The van der Waals surface area contributed by atoms with Crippen LogP contribution in [0.1, 0.15) is 6.92 Å². The summed E-state index contributed by atoms with van der Waals surface area (Å²) in [5.41, 5.74) is 0.273. The minimum atomic E-state index is -1.80. The van der Waals surface area contributed by atoms with E-state index >= 15 is 0 Å². The van der Waals surface area contributed by atoms with E-state index in [1.54, 1.807) is 24.3 Å². The van der Waals surface area contributed by atoms with E-state index in [2.05, 4.69) is 15.5 Å². The third kappa shape index (κ3) is 7.19. The highest BCUT2D eigenvalue weighted by atomic mass is 16.7. The van der Waals surface area contributed by atoms with Gasteiger partial charge in [0, 0.05) is 23.8 Å². The second-order valence-electron chi connectivity index (χ2n) is 12.6. The van der Waals surface area contributed by atoms with Crippen molar-refractivity contribution in [3.8, 4) is 46.0 Å². The van der Waals surface area contributed by atoms with E-state index < -0.39 is 79.2 Å². The third-order valence-corrected chi connectivity index (χ3v) is 9.03. The molecule has 0 unspecified atom stereocenters. The van der Waals surface area contributed by atoms with Gasteiger partial charge in [0.25, 0.3) is 0 Å². The van der Waals surface area contributed by atoms with Gasteiger partial charge in [-0.05, 0) is 47.7 Å². The molecule has 2 aliphatic heterocycles. The number of nitrogens with zero attached hydrogens (tertiary/aromatic N) is 4. The van der Waals surface area contributed by atoms with Gasteiger partial charge in [-0.1, -0.05) is 23.3 Å². The first-order valence-electron chi connectivity index (χ1n) is 16.6. The molecule has 286 valence electrons. The molecular weight excluding hydrogens is 716 g/mol. The van der Waals surface area contributed by atoms with Gasteiger partial charge >= 0.3 is 6.01 Å². The average molecular weight is 753 g/mol. The van der Waals surface area contributed by atoms with E-state index in [1.807, 2.05) is 18.2 Å². The van der Waals surface area contributed by atoms with E-state index in [9.17, 15) is 40.5 Å². The lowest BCUT2D eigenvalue weighted by atomic mass is 9.98. The predicted molar refractivity (Wildman–Crippen MR) is 181 cm³/mol. The van der Waals surface area contributed by atoms with E-state index in [0.29, 0.717) is 17.0 Å². The molecule has 19 nitrogen and oxygen atoms in total. The Bertz CT molecular complexity index is 2150. The van der Waals surface area contributed by atoms with Gasteiger partial charge in [0.15, 0.2) is 23.2 Å². The highest BCUT2D eigenvalue weighted by molar-refractivity contribution is 5.86. The first kappa shape index (κ1) is 37.1. The molecule has 2 saturated heterocycles. The number of phenols is 1. The van der Waals surface area contributed by atoms with Gasteiger partial charge in [0.05, 0.1) is 25.5 Å². The van der Waals surface area contributed by atoms with Crippen molar-refractivity contribution in [3.63, 3.8) is 0 Å². The van der Waals surface area contributed by atoms with Gasteiger partial charge in [0.2, 0.25) is 6.29 Å².